The van der Waals surface area contributed by atoms with Crippen LogP contribution < -0.4 is 4.74 Å². The molecule has 2 amide bonds. The van der Waals surface area contributed by atoms with Crippen molar-refractivity contribution in [2.24, 2.45) is 0 Å². The quantitative estimate of drug-likeness (QED) is 0.810. The van der Waals surface area contributed by atoms with Gasteiger partial charge in [-0.25, -0.2) is 4.79 Å². The molecular formula is C21H26N2O4. The van der Waals surface area contributed by atoms with Gasteiger partial charge in [0.15, 0.2) is 6.10 Å². The summed E-state index contributed by atoms with van der Waals surface area (Å²) in [6, 6.07) is 13.9. The van der Waals surface area contributed by atoms with Gasteiger partial charge in [0.2, 0.25) is 0 Å². The van der Waals surface area contributed by atoms with Crippen LogP contribution in [0.2, 0.25) is 0 Å². The van der Waals surface area contributed by atoms with Crippen LogP contribution in [-0.4, -0.2) is 60.7 Å². The molecule has 0 aromatic heterocycles. The van der Waals surface area contributed by atoms with Crippen molar-refractivity contribution < 1.29 is 19.1 Å². The number of piperazine rings is 1. The minimum atomic E-state index is -0.527. The maximum absolute atomic E-state index is 12.9. The van der Waals surface area contributed by atoms with E-state index >= 15 is 0 Å². The lowest BCUT2D eigenvalue weighted by atomic mass is 10.1. The lowest BCUT2D eigenvalue weighted by Gasteiger charge is -2.35. The van der Waals surface area contributed by atoms with E-state index in [1.54, 1.807) is 16.7 Å². The van der Waals surface area contributed by atoms with Crippen LogP contribution in [0.5, 0.6) is 5.75 Å². The standard InChI is InChI=1S/C21H26N2O4/c1-3-19(27-18-10-9-16-7-5-6-8-17(16)15-18)20(24)22-11-13-23(14-12-22)21(25)26-4-2/h5-10,15,19H,3-4,11-14H2,1-2H3/t19-/m1/s1. The van der Waals surface area contributed by atoms with Crippen molar-refractivity contribution in [2.75, 3.05) is 32.8 Å². The van der Waals surface area contributed by atoms with E-state index in [2.05, 4.69) is 0 Å². The molecule has 0 N–H and O–H groups in total. The van der Waals surface area contributed by atoms with Gasteiger partial charge in [-0.3, -0.25) is 4.79 Å². The Morgan fingerprint density at radius 2 is 1.63 bits per heavy atom. The first kappa shape index (κ1) is 19.0. The van der Waals surface area contributed by atoms with Crippen LogP contribution >= 0.6 is 0 Å². The van der Waals surface area contributed by atoms with Gasteiger partial charge in [-0.15, -0.1) is 0 Å². The number of hydrogen-bond donors (Lipinski definition) is 0. The highest BCUT2D eigenvalue weighted by molar-refractivity contribution is 5.84. The summed E-state index contributed by atoms with van der Waals surface area (Å²) in [5, 5.41) is 2.22. The van der Waals surface area contributed by atoms with Crippen LogP contribution in [0.1, 0.15) is 20.3 Å². The van der Waals surface area contributed by atoms with E-state index in [0.29, 0.717) is 45.0 Å². The third-order valence-corrected chi connectivity index (χ3v) is 4.76. The fourth-order valence-electron chi connectivity index (χ4n) is 3.24. The fraction of sp³-hybridized carbons (Fsp3) is 0.429. The first-order valence-corrected chi connectivity index (χ1v) is 9.48. The summed E-state index contributed by atoms with van der Waals surface area (Å²) in [6.45, 7) is 6.04. The van der Waals surface area contributed by atoms with Crippen LogP contribution in [-0.2, 0) is 9.53 Å². The predicted octanol–water partition coefficient (Wildman–Crippen LogP) is 3.30. The predicted molar refractivity (Wildman–Crippen MR) is 104 cm³/mol. The highest BCUT2D eigenvalue weighted by Gasteiger charge is 2.29. The largest absolute Gasteiger partial charge is 0.481 e. The molecule has 6 nitrogen and oxygen atoms in total. The molecule has 0 spiro atoms. The SMILES string of the molecule is CCOC(=O)N1CCN(C(=O)[C@@H](CC)Oc2ccc3ccccc3c2)CC1. The maximum Gasteiger partial charge on any atom is 0.409 e. The summed E-state index contributed by atoms with van der Waals surface area (Å²) in [5.74, 6) is 0.660. The number of nitrogens with zero attached hydrogens (tertiary/aromatic N) is 2. The smallest absolute Gasteiger partial charge is 0.409 e. The number of hydrogen-bond acceptors (Lipinski definition) is 4. The van der Waals surface area contributed by atoms with Gasteiger partial charge < -0.3 is 19.3 Å². The first-order valence-electron chi connectivity index (χ1n) is 9.48. The van der Waals surface area contributed by atoms with Crippen molar-refractivity contribution in [2.45, 2.75) is 26.4 Å². The van der Waals surface area contributed by atoms with E-state index in [1.165, 1.54) is 0 Å². The summed E-state index contributed by atoms with van der Waals surface area (Å²) < 4.78 is 11.0. The molecular weight excluding hydrogens is 344 g/mol. The molecule has 3 rings (SSSR count). The molecule has 1 aliphatic heterocycles. The molecule has 0 bridgehead atoms. The Morgan fingerprint density at radius 3 is 2.30 bits per heavy atom. The minimum absolute atomic E-state index is 0.0332. The number of fused-ring (bicyclic) bond motifs is 1. The fourth-order valence-corrected chi connectivity index (χ4v) is 3.24. The normalized spacial score (nSPS) is 15.5. The Bertz CT molecular complexity index is 800. The number of benzene rings is 2. The second kappa shape index (κ2) is 8.75. The van der Waals surface area contributed by atoms with Crippen molar-refractivity contribution >= 4 is 22.8 Å². The molecule has 1 saturated heterocycles. The second-order valence-corrected chi connectivity index (χ2v) is 6.53. The highest BCUT2D eigenvalue weighted by Crippen LogP contribution is 2.22. The van der Waals surface area contributed by atoms with Crippen LogP contribution in [0.3, 0.4) is 0 Å². The molecule has 0 radical (unpaired) electrons. The maximum atomic E-state index is 12.9. The van der Waals surface area contributed by atoms with E-state index in [9.17, 15) is 9.59 Å². The van der Waals surface area contributed by atoms with Gasteiger partial charge in [0.25, 0.3) is 5.91 Å². The zero-order valence-corrected chi connectivity index (χ0v) is 15.9. The van der Waals surface area contributed by atoms with Crippen LogP contribution in [0, 0.1) is 0 Å². The summed E-state index contributed by atoms with van der Waals surface area (Å²) in [4.78, 5) is 28.1. The molecule has 0 unspecified atom stereocenters. The van der Waals surface area contributed by atoms with Gasteiger partial charge >= 0.3 is 6.09 Å². The molecule has 0 saturated carbocycles. The van der Waals surface area contributed by atoms with E-state index in [-0.39, 0.29) is 12.0 Å². The lowest BCUT2D eigenvalue weighted by Crippen LogP contribution is -2.53. The first-order chi connectivity index (χ1) is 13.1. The molecule has 2 aromatic rings. The van der Waals surface area contributed by atoms with E-state index in [1.807, 2.05) is 49.4 Å². The van der Waals surface area contributed by atoms with Gasteiger partial charge in [0, 0.05) is 26.2 Å². The van der Waals surface area contributed by atoms with Crippen LogP contribution in [0.4, 0.5) is 4.79 Å². The summed E-state index contributed by atoms with van der Waals surface area (Å²) in [7, 11) is 0. The minimum Gasteiger partial charge on any atom is -0.481 e. The number of amides is 2. The van der Waals surface area contributed by atoms with Crippen LogP contribution in [0.25, 0.3) is 10.8 Å². The number of carbonyl (C=O) groups is 2. The Morgan fingerprint density at radius 1 is 0.963 bits per heavy atom. The highest BCUT2D eigenvalue weighted by atomic mass is 16.6. The van der Waals surface area contributed by atoms with Gasteiger partial charge in [0.05, 0.1) is 6.61 Å². The molecule has 0 aliphatic carbocycles. The average molecular weight is 370 g/mol. The topological polar surface area (TPSA) is 59.1 Å². The molecule has 1 aliphatic rings. The number of ether oxygens (including phenoxy) is 2. The molecule has 6 heteroatoms. The van der Waals surface area contributed by atoms with Crippen LogP contribution in [0.15, 0.2) is 42.5 Å². The third-order valence-electron chi connectivity index (χ3n) is 4.76. The van der Waals surface area contributed by atoms with Crippen molar-refractivity contribution in [1.82, 2.24) is 9.80 Å². The Kier molecular flexibility index (Phi) is 6.16. The third kappa shape index (κ3) is 4.51. The summed E-state index contributed by atoms with van der Waals surface area (Å²) >= 11 is 0. The zero-order chi connectivity index (χ0) is 19.2. The molecule has 1 heterocycles. The Hall–Kier alpha value is -2.76. The second-order valence-electron chi connectivity index (χ2n) is 6.53. The van der Waals surface area contributed by atoms with E-state index in [0.717, 1.165) is 10.8 Å². The Labute approximate surface area is 159 Å². The van der Waals surface area contributed by atoms with Crippen molar-refractivity contribution in [1.29, 1.82) is 0 Å². The van der Waals surface area contributed by atoms with Crippen molar-refractivity contribution in [3.05, 3.63) is 42.5 Å². The zero-order valence-electron chi connectivity index (χ0n) is 15.9. The lowest BCUT2D eigenvalue weighted by molar-refractivity contribution is -0.140. The summed E-state index contributed by atoms with van der Waals surface area (Å²) in [5.41, 5.74) is 0. The monoisotopic (exact) mass is 370 g/mol. The van der Waals surface area contributed by atoms with Crippen molar-refractivity contribution in [3.63, 3.8) is 0 Å². The molecule has 2 aromatic carbocycles. The van der Waals surface area contributed by atoms with E-state index < -0.39 is 6.10 Å². The molecule has 27 heavy (non-hydrogen) atoms. The van der Waals surface area contributed by atoms with E-state index in [4.69, 9.17) is 9.47 Å². The Balaban J connectivity index is 1.61. The van der Waals surface area contributed by atoms with Gasteiger partial charge in [-0.2, -0.15) is 0 Å². The van der Waals surface area contributed by atoms with Gasteiger partial charge in [-0.05, 0) is 36.2 Å². The molecule has 1 fully saturated rings. The molecule has 1 atom stereocenters. The number of carbonyl (C=O) groups excluding carboxylic acids is 2. The average Bonchev–Trinajstić information content (AvgIpc) is 2.71. The summed E-state index contributed by atoms with van der Waals surface area (Å²) in [6.07, 6.45) is -0.256. The molecule has 144 valence electrons. The number of rotatable bonds is 5. The van der Waals surface area contributed by atoms with Gasteiger partial charge in [-0.1, -0.05) is 37.3 Å². The van der Waals surface area contributed by atoms with Gasteiger partial charge in [0.1, 0.15) is 5.75 Å². The van der Waals surface area contributed by atoms with Crippen molar-refractivity contribution in [3.8, 4) is 5.75 Å².